The highest BCUT2D eigenvalue weighted by atomic mass is 35.5. The number of piperidine rings is 1. The van der Waals surface area contributed by atoms with Crippen molar-refractivity contribution in [3.63, 3.8) is 0 Å². The van der Waals surface area contributed by atoms with Gasteiger partial charge in [-0.05, 0) is 69.1 Å². The molecule has 0 radical (unpaired) electrons. The minimum absolute atomic E-state index is 0. The standard InChI is InChI=1S/C22H31N5O.ClH/c28-22(21-11-15-27(25-21)20-6-5-12-23-16-20)24-19-9-7-18(8-10-19)17-26-13-3-1-2-4-14-26;/h7-11,15,20,23H,1-6,12-14,16-17H2,(H,24,28);1H. The Labute approximate surface area is 179 Å². The van der Waals surface area contributed by atoms with Gasteiger partial charge < -0.3 is 10.6 Å². The Hall–Kier alpha value is -1.89. The van der Waals surface area contributed by atoms with E-state index in [2.05, 4.69) is 32.8 Å². The number of likely N-dealkylation sites (tertiary alicyclic amines) is 1. The van der Waals surface area contributed by atoms with E-state index in [4.69, 9.17) is 0 Å². The summed E-state index contributed by atoms with van der Waals surface area (Å²) in [4.78, 5) is 15.1. The first-order chi connectivity index (χ1) is 13.8. The topological polar surface area (TPSA) is 62.2 Å². The molecule has 2 aromatic rings. The van der Waals surface area contributed by atoms with E-state index in [1.54, 1.807) is 6.07 Å². The molecule has 7 heteroatoms. The van der Waals surface area contributed by atoms with E-state index < -0.39 is 0 Å². The Bertz CT molecular complexity index is 762. The Morgan fingerprint density at radius 2 is 1.83 bits per heavy atom. The fraction of sp³-hybridized carbons (Fsp3) is 0.545. The zero-order chi connectivity index (χ0) is 19.2. The molecule has 4 rings (SSSR count). The van der Waals surface area contributed by atoms with Gasteiger partial charge in [-0.15, -0.1) is 12.4 Å². The lowest BCUT2D eigenvalue weighted by atomic mass is 10.1. The van der Waals surface area contributed by atoms with Crippen molar-refractivity contribution in [1.29, 1.82) is 0 Å². The number of nitrogens with one attached hydrogen (secondary N) is 2. The van der Waals surface area contributed by atoms with Crippen LogP contribution in [0.4, 0.5) is 5.69 Å². The number of hydrogen-bond acceptors (Lipinski definition) is 4. The van der Waals surface area contributed by atoms with Crippen molar-refractivity contribution in [2.45, 2.75) is 51.1 Å². The SMILES string of the molecule is Cl.O=C(Nc1ccc(CN2CCCCCC2)cc1)c1ccn(C2CCCNC2)n1. The Balaban J connectivity index is 0.00000240. The van der Waals surface area contributed by atoms with Crippen LogP contribution in [0, 0.1) is 0 Å². The number of aromatic nitrogens is 2. The molecule has 1 atom stereocenters. The minimum Gasteiger partial charge on any atom is -0.321 e. The van der Waals surface area contributed by atoms with E-state index in [-0.39, 0.29) is 18.3 Å². The van der Waals surface area contributed by atoms with Crippen molar-refractivity contribution in [3.05, 3.63) is 47.8 Å². The predicted octanol–water partition coefficient (Wildman–Crippen LogP) is 3.86. The molecule has 2 fully saturated rings. The third-order valence-corrected chi connectivity index (χ3v) is 5.80. The van der Waals surface area contributed by atoms with Gasteiger partial charge in [-0.25, -0.2) is 0 Å². The van der Waals surface area contributed by atoms with Crippen molar-refractivity contribution >= 4 is 24.0 Å². The summed E-state index contributed by atoms with van der Waals surface area (Å²) in [5.41, 5.74) is 2.59. The molecular weight excluding hydrogens is 386 g/mol. The highest BCUT2D eigenvalue weighted by Gasteiger charge is 2.18. The van der Waals surface area contributed by atoms with Crippen LogP contribution in [0.5, 0.6) is 0 Å². The van der Waals surface area contributed by atoms with E-state index in [1.807, 2.05) is 23.0 Å². The van der Waals surface area contributed by atoms with Crippen LogP contribution in [0.3, 0.4) is 0 Å². The summed E-state index contributed by atoms with van der Waals surface area (Å²) in [5.74, 6) is -0.150. The van der Waals surface area contributed by atoms with Crippen molar-refractivity contribution in [2.75, 3.05) is 31.5 Å². The first-order valence-corrected chi connectivity index (χ1v) is 10.7. The van der Waals surface area contributed by atoms with E-state index in [0.717, 1.165) is 38.2 Å². The average molecular weight is 418 g/mol. The fourth-order valence-corrected chi connectivity index (χ4v) is 4.16. The number of amides is 1. The van der Waals surface area contributed by atoms with Crippen molar-refractivity contribution in [1.82, 2.24) is 20.0 Å². The number of hydrogen-bond donors (Lipinski definition) is 2. The minimum atomic E-state index is -0.150. The number of carbonyl (C=O) groups excluding carboxylic acids is 1. The molecular formula is C22H32ClN5O. The summed E-state index contributed by atoms with van der Waals surface area (Å²) < 4.78 is 1.92. The molecule has 1 unspecified atom stereocenters. The molecule has 1 aromatic heterocycles. The zero-order valence-corrected chi connectivity index (χ0v) is 17.8. The van der Waals surface area contributed by atoms with Gasteiger partial charge in [0.1, 0.15) is 0 Å². The Morgan fingerprint density at radius 1 is 1.07 bits per heavy atom. The van der Waals surface area contributed by atoms with Crippen LogP contribution in [0.25, 0.3) is 0 Å². The lowest BCUT2D eigenvalue weighted by Crippen LogP contribution is -2.32. The molecule has 2 aliphatic rings. The first kappa shape index (κ1) is 21.8. The van der Waals surface area contributed by atoms with Crippen molar-refractivity contribution < 1.29 is 4.79 Å². The van der Waals surface area contributed by atoms with Crippen LogP contribution < -0.4 is 10.6 Å². The van der Waals surface area contributed by atoms with Gasteiger partial charge >= 0.3 is 0 Å². The Morgan fingerprint density at radius 3 is 2.52 bits per heavy atom. The maximum absolute atomic E-state index is 12.5. The van der Waals surface area contributed by atoms with Gasteiger partial charge in [-0.1, -0.05) is 25.0 Å². The third kappa shape index (κ3) is 6.04. The molecule has 2 saturated heterocycles. The summed E-state index contributed by atoms with van der Waals surface area (Å²) in [7, 11) is 0. The number of rotatable bonds is 5. The van der Waals surface area contributed by atoms with Crippen LogP contribution >= 0.6 is 12.4 Å². The van der Waals surface area contributed by atoms with Crippen LogP contribution in [0.1, 0.15) is 60.6 Å². The maximum atomic E-state index is 12.5. The molecule has 6 nitrogen and oxygen atoms in total. The molecule has 0 bridgehead atoms. The van der Waals surface area contributed by atoms with Gasteiger partial charge in [0.05, 0.1) is 6.04 Å². The zero-order valence-electron chi connectivity index (χ0n) is 17.0. The highest BCUT2D eigenvalue weighted by Crippen LogP contribution is 2.18. The number of carbonyl (C=O) groups is 1. The maximum Gasteiger partial charge on any atom is 0.276 e. The second-order valence-electron chi connectivity index (χ2n) is 8.02. The lowest BCUT2D eigenvalue weighted by Gasteiger charge is -2.22. The molecule has 0 aliphatic carbocycles. The third-order valence-electron chi connectivity index (χ3n) is 5.80. The molecule has 1 aromatic carbocycles. The smallest absolute Gasteiger partial charge is 0.276 e. The van der Waals surface area contributed by atoms with Crippen LogP contribution in [0.15, 0.2) is 36.5 Å². The summed E-state index contributed by atoms with van der Waals surface area (Å²) >= 11 is 0. The summed E-state index contributed by atoms with van der Waals surface area (Å²) in [6.07, 6.45) is 9.49. The largest absolute Gasteiger partial charge is 0.321 e. The van der Waals surface area contributed by atoms with Gasteiger partial charge in [0.2, 0.25) is 0 Å². The highest BCUT2D eigenvalue weighted by molar-refractivity contribution is 6.02. The lowest BCUT2D eigenvalue weighted by molar-refractivity contribution is 0.102. The second kappa shape index (κ2) is 10.8. The van der Waals surface area contributed by atoms with Gasteiger partial charge in [-0.2, -0.15) is 5.10 Å². The van der Waals surface area contributed by atoms with Crippen molar-refractivity contribution in [3.8, 4) is 0 Å². The Kier molecular flexibility index (Phi) is 8.09. The van der Waals surface area contributed by atoms with Gasteiger partial charge in [0.25, 0.3) is 5.91 Å². The van der Waals surface area contributed by atoms with Crippen molar-refractivity contribution in [2.24, 2.45) is 0 Å². The number of halogens is 1. The van der Waals surface area contributed by atoms with E-state index in [1.165, 1.54) is 44.3 Å². The molecule has 3 heterocycles. The summed E-state index contributed by atoms with van der Waals surface area (Å²) in [6.45, 7) is 5.36. The summed E-state index contributed by atoms with van der Waals surface area (Å²) in [5, 5.41) is 10.8. The predicted molar refractivity (Wildman–Crippen MR) is 119 cm³/mol. The normalized spacial score (nSPS) is 20.5. The number of benzene rings is 1. The van der Waals surface area contributed by atoms with Crippen LogP contribution in [-0.4, -0.2) is 46.8 Å². The molecule has 0 saturated carbocycles. The van der Waals surface area contributed by atoms with E-state index >= 15 is 0 Å². The molecule has 29 heavy (non-hydrogen) atoms. The molecule has 2 N–H and O–H groups in total. The fourth-order valence-electron chi connectivity index (χ4n) is 4.16. The van der Waals surface area contributed by atoms with E-state index in [9.17, 15) is 4.79 Å². The average Bonchev–Trinajstić information content (AvgIpc) is 3.09. The van der Waals surface area contributed by atoms with Crippen LogP contribution in [0.2, 0.25) is 0 Å². The molecule has 158 valence electrons. The molecule has 2 aliphatic heterocycles. The number of nitrogens with zero attached hydrogens (tertiary/aromatic N) is 3. The first-order valence-electron chi connectivity index (χ1n) is 10.7. The molecule has 1 amide bonds. The van der Waals surface area contributed by atoms with Crippen LogP contribution in [-0.2, 0) is 6.54 Å². The quantitative estimate of drug-likeness (QED) is 0.775. The van der Waals surface area contributed by atoms with E-state index in [0.29, 0.717) is 11.7 Å². The summed E-state index contributed by atoms with van der Waals surface area (Å²) in [6, 6.07) is 10.4. The second-order valence-corrected chi connectivity index (χ2v) is 8.02. The van der Waals surface area contributed by atoms with Gasteiger partial charge in [0, 0.05) is 25.0 Å². The monoisotopic (exact) mass is 417 g/mol. The van der Waals surface area contributed by atoms with Gasteiger partial charge in [0.15, 0.2) is 5.69 Å². The molecule has 0 spiro atoms. The van der Waals surface area contributed by atoms with Gasteiger partial charge in [-0.3, -0.25) is 14.4 Å². The number of anilines is 1.